The van der Waals surface area contributed by atoms with Crippen molar-refractivity contribution in [1.29, 1.82) is 0 Å². The highest BCUT2D eigenvalue weighted by Crippen LogP contribution is 2.29. The third-order valence-electron chi connectivity index (χ3n) is 5.52. The SMILES string of the molecule is COc1ccc(C=CC(=O)Nc2cccc3c(NC(=O)C=Cc4ccc(OC)cc4)cccc23)cc1. The molecule has 0 radical (unpaired) electrons. The van der Waals surface area contributed by atoms with Crippen LogP contribution in [0, 0.1) is 0 Å². The smallest absolute Gasteiger partial charge is 0.248 e. The molecule has 0 fully saturated rings. The van der Waals surface area contributed by atoms with Crippen LogP contribution in [0.25, 0.3) is 22.9 Å². The van der Waals surface area contributed by atoms with Crippen molar-refractivity contribution in [1.82, 2.24) is 0 Å². The summed E-state index contributed by atoms with van der Waals surface area (Å²) in [5.41, 5.74) is 3.08. The number of methoxy groups -OCH3 is 2. The molecule has 0 atom stereocenters. The molecule has 0 aromatic heterocycles. The molecule has 0 saturated heterocycles. The quantitative estimate of drug-likeness (QED) is 0.297. The van der Waals surface area contributed by atoms with Gasteiger partial charge in [0.05, 0.1) is 14.2 Å². The molecule has 6 heteroatoms. The van der Waals surface area contributed by atoms with Gasteiger partial charge in [0.2, 0.25) is 11.8 Å². The molecule has 0 aliphatic rings. The number of hydrogen-bond acceptors (Lipinski definition) is 4. The molecular weight excluding hydrogens is 452 g/mol. The zero-order valence-electron chi connectivity index (χ0n) is 20.0. The number of benzene rings is 4. The maximum atomic E-state index is 12.6. The predicted molar refractivity (Wildman–Crippen MR) is 145 cm³/mol. The molecule has 0 aliphatic heterocycles. The standard InChI is InChI=1S/C30H26N2O4/c1-35-23-15-9-21(10-16-23)13-19-29(33)31-27-7-3-6-26-25(27)5-4-8-28(26)32-30(34)20-14-22-11-17-24(36-2)18-12-22/h3-20H,1-2H3,(H,31,33)(H,32,34). The van der Waals surface area contributed by atoms with Gasteiger partial charge in [-0.3, -0.25) is 9.59 Å². The van der Waals surface area contributed by atoms with Gasteiger partial charge >= 0.3 is 0 Å². The molecule has 4 aromatic carbocycles. The fraction of sp³-hybridized carbons (Fsp3) is 0.0667. The molecule has 4 rings (SSSR count). The van der Waals surface area contributed by atoms with Crippen LogP contribution in [0.5, 0.6) is 11.5 Å². The summed E-state index contributed by atoms with van der Waals surface area (Å²) in [6, 6.07) is 26.0. The van der Waals surface area contributed by atoms with Crippen molar-refractivity contribution in [3.63, 3.8) is 0 Å². The lowest BCUT2D eigenvalue weighted by Crippen LogP contribution is -2.10. The van der Waals surface area contributed by atoms with Gasteiger partial charge in [-0.1, -0.05) is 48.5 Å². The predicted octanol–water partition coefficient (Wildman–Crippen LogP) is 6.16. The van der Waals surface area contributed by atoms with E-state index in [2.05, 4.69) is 10.6 Å². The first kappa shape index (κ1) is 24.3. The highest BCUT2D eigenvalue weighted by molar-refractivity contribution is 6.12. The Kier molecular flexibility index (Phi) is 7.78. The molecule has 0 unspecified atom stereocenters. The van der Waals surface area contributed by atoms with Crippen molar-refractivity contribution < 1.29 is 19.1 Å². The maximum absolute atomic E-state index is 12.6. The molecule has 4 aromatic rings. The average Bonchev–Trinajstić information content (AvgIpc) is 2.92. The van der Waals surface area contributed by atoms with Gasteiger partial charge in [0.1, 0.15) is 11.5 Å². The van der Waals surface area contributed by atoms with Crippen LogP contribution in [0.4, 0.5) is 11.4 Å². The van der Waals surface area contributed by atoms with Crippen LogP contribution >= 0.6 is 0 Å². The zero-order chi connectivity index (χ0) is 25.3. The molecule has 2 amide bonds. The lowest BCUT2D eigenvalue weighted by atomic mass is 10.1. The first-order chi connectivity index (χ1) is 17.6. The Bertz CT molecular complexity index is 1310. The van der Waals surface area contributed by atoms with Crippen molar-refractivity contribution in [2.45, 2.75) is 0 Å². The summed E-state index contributed by atoms with van der Waals surface area (Å²) in [4.78, 5) is 25.1. The zero-order valence-corrected chi connectivity index (χ0v) is 20.0. The summed E-state index contributed by atoms with van der Waals surface area (Å²) in [6.07, 6.45) is 6.44. The Balaban J connectivity index is 1.46. The number of carbonyl (C=O) groups excluding carboxylic acids is 2. The second-order valence-corrected chi connectivity index (χ2v) is 7.90. The van der Waals surface area contributed by atoms with Crippen LogP contribution < -0.4 is 20.1 Å². The maximum Gasteiger partial charge on any atom is 0.248 e. The third-order valence-corrected chi connectivity index (χ3v) is 5.52. The van der Waals surface area contributed by atoms with Gasteiger partial charge in [0.25, 0.3) is 0 Å². The third kappa shape index (κ3) is 6.18. The lowest BCUT2D eigenvalue weighted by Gasteiger charge is -2.11. The monoisotopic (exact) mass is 478 g/mol. The molecule has 0 saturated carbocycles. The largest absolute Gasteiger partial charge is 0.497 e. The molecule has 0 bridgehead atoms. The number of hydrogen-bond donors (Lipinski definition) is 2. The van der Waals surface area contributed by atoms with Gasteiger partial charge < -0.3 is 20.1 Å². The highest BCUT2D eigenvalue weighted by Gasteiger charge is 2.08. The van der Waals surface area contributed by atoms with Gasteiger partial charge in [0, 0.05) is 34.3 Å². The van der Waals surface area contributed by atoms with Gasteiger partial charge in [-0.2, -0.15) is 0 Å². The van der Waals surface area contributed by atoms with E-state index in [1.54, 1.807) is 26.4 Å². The van der Waals surface area contributed by atoms with Crippen LogP contribution in [-0.2, 0) is 9.59 Å². The number of carbonyl (C=O) groups is 2. The second kappa shape index (κ2) is 11.5. The molecular formula is C30H26N2O4. The minimum Gasteiger partial charge on any atom is -0.497 e. The van der Waals surface area contributed by atoms with Crippen LogP contribution in [0.15, 0.2) is 97.1 Å². The topological polar surface area (TPSA) is 76.7 Å². The van der Waals surface area contributed by atoms with Crippen molar-refractivity contribution in [3.05, 3.63) is 108 Å². The summed E-state index contributed by atoms with van der Waals surface area (Å²) in [7, 11) is 3.22. The second-order valence-electron chi connectivity index (χ2n) is 7.90. The molecule has 180 valence electrons. The minimum absolute atomic E-state index is 0.254. The number of rotatable bonds is 8. The van der Waals surface area contributed by atoms with Gasteiger partial charge in [0.15, 0.2) is 0 Å². The number of nitrogens with one attached hydrogen (secondary N) is 2. The highest BCUT2D eigenvalue weighted by atomic mass is 16.5. The fourth-order valence-corrected chi connectivity index (χ4v) is 3.65. The van der Waals surface area contributed by atoms with Gasteiger partial charge in [-0.25, -0.2) is 0 Å². The van der Waals surface area contributed by atoms with Crippen molar-refractivity contribution in [2.24, 2.45) is 0 Å². The number of anilines is 2. The van der Waals surface area contributed by atoms with E-state index in [1.807, 2.05) is 84.9 Å². The Morgan fingerprint density at radius 1 is 0.583 bits per heavy atom. The van der Waals surface area contributed by atoms with Gasteiger partial charge in [-0.15, -0.1) is 0 Å². The van der Waals surface area contributed by atoms with Crippen LogP contribution in [0.3, 0.4) is 0 Å². The van der Waals surface area contributed by atoms with E-state index in [-0.39, 0.29) is 11.8 Å². The first-order valence-corrected chi connectivity index (χ1v) is 11.3. The van der Waals surface area contributed by atoms with E-state index in [9.17, 15) is 9.59 Å². The molecule has 0 heterocycles. The van der Waals surface area contributed by atoms with E-state index >= 15 is 0 Å². The lowest BCUT2D eigenvalue weighted by molar-refractivity contribution is -0.112. The first-order valence-electron chi connectivity index (χ1n) is 11.3. The number of fused-ring (bicyclic) bond motifs is 1. The van der Waals surface area contributed by atoms with Crippen LogP contribution in [-0.4, -0.2) is 26.0 Å². The van der Waals surface area contributed by atoms with Crippen molar-refractivity contribution in [3.8, 4) is 11.5 Å². The molecule has 2 N–H and O–H groups in total. The fourth-order valence-electron chi connectivity index (χ4n) is 3.65. The van der Waals surface area contributed by atoms with Crippen molar-refractivity contribution >= 4 is 46.1 Å². The molecule has 6 nitrogen and oxygen atoms in total. The molecule has 0 aliphatic carbocycles. The number of amides is 2. The normalized spacial score (nSPS) is 11.1. The number of ether oxygens (including phenoxy) is 2. The summed E-state index contributed by atoms with van der Waals surface area (Å²) in [5.74, 6) is 1.00. The molecule has 36 heavy (non-hydrogen) atoms. The van der Waals surface area contributed by atoms with E-state index in [0.717, 1.165) is 33.4 Å². The minimum atomic E-state index is -0.254. The van der Waals surface area contributed by atoms with Crippen LogP contribution in [0.2, 0.25) is 0 Å². The van der Waals surface area contributed by atoms with E-state index in [4.69, 9.17) is 9.47 Å². The van der Waals surface area contributed by atoms with Crippen molar-refractivity contribution in [2.75, 3.05) is 24.9 Å². The van der Waals surface area contributed by atoms with Gasteiger partial charge in [-0.05, 0) is 59.7 Å². The van der Waals surface area contributed by atoms with E-state index in [0.29, 0.717) is 11.4 Å². The van der Waals surface area contributed by atoms with E-state index in [1.165, 1.54) is 12.2 Å². The molecule has 0 spiro atoms. The Morgan fingerprint density at radius 2 is 0.972 bits per heavy atom. The Labute approximate surface area is 209 Å². The summed E-state index contributed by atoms with van der Waals surface area (Å²) < 4.78 is 10.3. The summed E-state index contributed by atoms with van der Waals surface area (Å²) >= 11 is 0. The Hall–Kier alpha value is -4.84. The summed E-state index contributed by atoms with van der Waals surface area (Å²) in [5, 5.41) is 7.49. The summed E-state index contributed by atoms with van der Waals surface area (Å²) in [6.45, 7) is 0. The van der Waals surface area contributed by atoms with Crippen LogP contribution in [0.1, 0.15) is 11.1 Å². The Morgan fingerprint density at radius 3 is 1.33 bits per heavy atom. The van der Waals surface area contributed by atoms with E-state index < -0.39 is 0 Å². The average molecular weight is 479 g/mol.